The number of nitrogens with one attached hydrogen (secondary N) is 2. The molecule has 18 heteroatoms. The van der Waals surface area contributed by atoms with Crippen LogP contribution in [-0.2, 0) is 38.1 Å². The van der Waals surface area contributed by atoms with Crippen LogP contribution >= 0.6 is 0 Å². The summed E-state index contributed by atoms with van der Waals surface area (Å²) >= 11 is 0. The number of carbonyl (C=O) groups excluding carboxylic acids is 2. The first-order chi connectivity index (χ1) is 19.1. The van der Waals surface area contributed by atoms with Crippen LogP contribution in [0, 0.1) is 0 Å². The predicted octanol–water partition coefficient (Wildman–Crippen LogP) is -5.78. The van der Waals surface area contributed by atoms with Gasteiger partial charge in [-0.2, -0.15) is 0 Å². The second-order valence-electron chi connectivity index (χ2n) is 10.4. The molecule has 0 unspecified atom stereocenters. The van der Waals surface area contributed by atoms with Gasteiger partial charge in [0.05, 0.1) is 31.0 Å². The maximum atomic E-state index is 12.1. The Balaban J connectivity index is 1.92. The second-order valence-corrected chi connectivity index (χ2v) is 10.4. The van der Waals surface area contributed by atoms with E-state index < -0.39 is 116 Å². The van der Waals surface area contributed by atoms with Gasteiger partial charge in [0.15, 0.2) is 12.6 Å². The Morgan fingerprint density at radius 2 is 1.71 bits per heavy atom. The minimum atomic E-state index is -2.96. The maximum absolute atomic E-state index is 12.1. The molecular weight excluding hydrogens is 560 g/mol. The van der Waals surface area contributed by atoms with Crippen LogP contribution in [0.4, 0.5) is 0 Å². The summed E-state index contributed by atoms with van der Waals surface area (Å²) < 4.78 is 27.8. The normalized spacial score (nSPS) is 44.8. The lowest BCUT2D eigenvalue weighted by molar-refractivity contribution is -0.351. The highest BCUT2D eigenvalue weighted by atomic mass is 16.7. The largest absolute Gasteiger partial charge is 0.477 e. The summed E-state index contributed by atoms with van der Waals surface area (Å²) in [6.07, 6.45) is -19.3. The molecule has 15 atom stereocenters. The molecule has 0 aromatic heterocycles. The van der Waals surface area contributed by atoms with Gasteiger partial charge in [0.2, 0.25) is 12.3 Å². The van der Waals surface area contributed by atoms with E-state index in [0.29, 0.717) is 0 Å². The molecule has 0 bridgehead atoms. The van der Waals surface area contributed by atoms with Crippen molar-refractivity contribution in [3.8, 4) is 0 Å². The fraction of sp³-hybridized carbons (Fsp3) is 0.870. The van der Waals surface area contributed by atoms with E-state index >= 15 is 0 Å². The van der Waals surface area contributed by atoms with Crippen LogP contribution < -0.4 is 10.6 Å². The first kappa shape index (κ1) is 33.4. The van der Waals surface area contributed by atoms with Crippen LogP contribution in [0.1, 0.15) is 27.2 Å². The van der Waals surface area contributed by atoms with Crippen LogP contribution in [-0.4, -0.2) is 157 Å². The van der Waals surface area contributed by atoms with Crippen LogP contribution in [0.2, 0.25) is 0 Å². The summed E-state index contributed by atoms with van der Waals surface area (Å²) in [5.74, 6) is -5.49. The Morgan fingerprint density at radius 3 is 2.27 bits per heavy atom. The van der Waals surface area contributed by atoms with Gasteiger partial charge < -0.3 is 75.2 Å². The van der Waals surface area contributed by atoms with Gasteiger partial charge in [-0.15, -0.1) is 0 Å². The van der Waals surface area contributed by atoms with E-state index in [2.05, 4.69) is 10.6 Å². The fourth-order valence-corrected chi connectivity index (χ4v) is 4.99. The molecule has 0 aromatic carbocycles. The second kappa shape index (κ2) is 13.5. The lowest BCUT2D eigenvalue weighted by Crippen LogP contribution is -2.69. The van der Waals surface area contributed by atoms with Crippen molar-refractivity contribution in [2.24, 2.45) is 0 Å². The van der Waals surface area contributed by atoms with Gasteiger partial charge in [-0.1, -0.05) is 0 Å². The van der Waals surface area contributed by atoms with Gasteiger partial charge in [-0.3, -0.25) is 9.59 Å². The van der Waals surface area contributed by atoms with Crippen LogP contribution in [0.25, 0.3) is 0 Å². The molecule has 41 heavy (non-hydrogen) atoms. The van der Waals surface area contributed by atoms with E-state index in [1.807, 2.05) is 0 Å². The number of aliphatic hydroxyl groups excluding tert-OH is 6. The molecule has 3 aliphatic rings. The van der Waals surface area contributed by atoms with Gasteiger partial charge in [-0.05, 0) is 13.8 Å². The highest BCUT2D eigenvalue weighted by molar-refractivity contribution is 5.75. The third-order valence-corrected chi connectivity index (χ3v) is 7.23. The summed E-state index contributed by atoms with van der Waals surface area (Å²) in [6.45, 7) is 3.31. The summed E-state index contributed by atoms with van der Waals surface area (Å²) in [7, 11) is 0. The molecule has 236 valence electrons. The standard InChI is InChI=1S/C23H38N2O16/c1-7(27)12(24-6-26)19-16(32)11(4-23(36,41-19)22(34)35)39-20-13(25-9(3)28)18(14(30)8(2)38-20)40-21-17(33)15(31)10(29)5-37-21/h6-8,10-21,27,29-33,36H,4-5H2,1-3H3,(H,24,26)(H,25,28)(H,34,35)/t7-,8+,10+,11-,12-,13+,14-,15-,16-,17+,18+,19-,20-,21-,23-/m0/s1. The lowest BCUT2D eigenvalue weighted by Gasteiger charge is -2.49. The average molecular weight is 599 g/mol. The minimum absolute atomic E-state index is 0.178. The number of rotatable bonds is 10. The molecule has 18 nitrogen and oxygen atoms in total. The van der Waals surface area contributed by atoms with Gasteiger partial charge in [-0.25, -0.2) is 4.79 Å². The Hall–Kier alpha value is -2.07. The molecule has 0 spiro atoms. The van der Waals surface area contributed by atoms with Crippen molar-refractivity contribution in [2.75, 3.05) is 6.61 Å². The molecule has 0 saturated carbocycles. The highest BCUT2D eigenvalue weighted by Gasteiger charge is 2.56. The van der Waals surface area contributed by atoms with Crippen LogP contribution in [0.5, 0.6) is 0 Å². The smallest absolute Gasteiger partial charge is 0.364 e. The Morgan fingerprint density at radius 1 is 1.05 bits per heavy atom. The number of carbonyl (C=O) groups is 3. The molecule has 10 N–H and O–H groups in total. The fourth-order valence-electron chi connectivity index (χ4n) is 4.99. The van der Waals surface area contributed by atoms with E-state index in [-0.39, 0.29) is 6.41 Å². The van der Waals surface area contributed by atoms with E-state index in [4.69, 9.17) is 23.7 Å². The molecular formula is C23H38N2O16. The Bertz CT molecular complexity index is 926. The van der Waals surface area contributed by atoms with Crippen molar-refractivity contribution in [3.05, 3.63) is 0 Å². The van der Waals surface area contributed by atoms with Gasteiger partial charge in [0.1, 0.15) is 48.8 Å². The van der Waals surface area contributed by atoms with E-state index in [9.17, 15) is 55.2 Å². The van der Waals surface area contributed by atoms with Crippen LogP contribution in [0.15, 0.2) is 0 Å². The molecule has 3 aliphatic heterocycles. The first-order valence-electron chi connectivity index (χ1n) is 12.9. The molecule has 0 radical (unpaired) electrons. The lowest BCUT2D eigenvalue weighted by atomic mass is 9.89. The Labute approximate surface area is 233 Å². The van der Waals surface area contributed by atoms with E-state index in [1.54, 1.807) is 0 Å². The minimum Gasteiger partial charge on any atom is -0.477 e. The third kappa shape index (κ3) is 7.29. The average Bonchev–Trinajstić information content (AvgIpc) is 2.89. The summed E-state index contributed by atoms with van der Waals surface area (Å²) in [5, 5.41) is 87.1. The molecule has 0 aromatic rings. The molecule has 2 amide bonds. The van der Waals surface area contributed by atoms with Crippen molar-refractivity contribution < 1.29 is 78.9 Å². The summed E-state index contributed by atoms with van der Waals surface area (Å²) in [4.78, 5) is 35.1. The molecule has 3 rings (SSSR count). The van der Waals surface area contributed by atoms with Gasteiger partial charge in [0, 0.05) is 13.3 Å². The molecule has 3 saturated heterocycles. The number of hydrogen-bond donors (Lipinski definition) is 10. The van der Waals surface area contributed by atoms with Crippen molar-refractivity contribution in [1.82, 2.24) is 10.6 Å². The number of aliphatic hydroxyl groups is 7. The number of carboxylic acid groups (broad SMARTS) is 1. The molecule has 0 aliphatic carbocycles. The number of ether oxygens (including phenoxy) is 5. The molecule has 3 heterocycles. The SMILES string of the molecule is CC(=O)N[C@H]1[C@H](O[C@H]2C[C@@](O)(C(=O)O)O[C@@H]([C@@H](NC=O)[C@H](C)O)[C@H]2O)O[C@H](C)[C@H](O)[C@@H]1O[C@@H]1OC[C@@H](O)[C@H](O)[C@H]1O. The quantitative estimate of drug-likeness (QED) is 0.105. The van der Waals surface area contributed by atoms with Crippen LogP contribution in [0.3, 0.4) is 0 Å². The summed E-state index contributed by atoms with van der Waals surface area (Å²) in [6, 6.07) is -2.81. The van der Waals surface area contributed by atoms with Crippen molar-refractivity contribution in [3.63, 3.8) is 0 Å². The topological polar surface area (TPSA) is 283 Å². The van der Waals surface area contributed by atoms with Gasteiger partial charge in [0.25, 0.3) is 5.79 Å². The number of carboxylic acids is 1. The van der Waals surface area contributed by atoms with E-state index in [0.717, 1.165) is 6.92 Å². The number of amides is 2. The van der Waals surface area contributed by atoms with Crippen molar-refractivity contribution in [2.45, 2.75) is 119 Å². The first-order valence-corrected chi connectivity index (χ1v) is 12.9. The van der Waals surface area contributed by atoms with E-state index in [1.165, 1.54) is 13.8 Å². The Kier molecular flexibility index (Phi) is 11.0. The third-order valence-electron chi connectivity index (χ3n) is 7.23. The van der Waals surface area contributed by atoms with Gasteiger partial charge >= 0.3 is 5.97 Å². The monoisotopic (exact) mass is 598 g/mol. The predicted molar refractivity (Wildman–Crippen MR) is 128 cm³/mol. The number of hydrogen-bond acceptors (Lipinski definition) is 15. The number of aliphatic carboxylic acids is 1. The maximum Gasteiger partial charge on any atom is 0.364 e. The van der Waals surface area contributed by atoms with Crippen molar-refractivity contribution in [1.29, 1.82) is 0 Å². The zero-order valence-electron chi connectivity index (χ0n) is 22.4. The van der Waals surface area contributed by atoms with Crippen molar-refractivity contribution >= 4 is 18.3 Å². The summed E-state index contributed by atoms with van der Waals surface area (Å²) in [5.41, 5.74) is 0. The zero-order chi connectivity index (χ0) is 30.8. The highest BCUT2D eigenvalue weighted by Crippen LogP contribution is 2.35. The zero-order valence-corrected chi connectivity index (χ0v) is 22.4. The molecule has 3 fully saturated rings.